The Morgan fingerprint density at radius 2 is 1.61 bits per heavy atom. The van der Waals surface area contributed by atoms with Crippen molar-refractivity contribution in [2.45, 2.75) is 6.18 Å². The van der Waals surface area contributed by atoms with E-state index in [-0.39, 0.29) is 27.2 Å². The van der Waals surface area contributed by atoms with Gasteiger partial charge in [-0.1, -0.05) is 34.8 Å². The molecule has 16 heteroatoms. The topological polar surface area (TPSA) is 128 Å². The summed E-state index contributed by atoms with van der Waals surface area (Å²) in [4.78, 5) is 23.1. The van der Waals surface area contributed by atoms with Crippen LogP contribution in [0.15, 0.2) is 54.6 Å². The van der Waals surface area contributed by atoms with E-state index in [1.54, 1.807) is 4.72 Å². The zero-order valence-electron chi connectivity index (χ0n) is 17.3. The lowest BCUT2D eigenvalue weighted by molar-refractivity contribution is -0.385. The third kappa shape index (κ3) is 6.91. The van der Waals surface area contributed by atoms with Gasteiger partial charge < -0.3 is 4.74 Å². The quantitative estimate of drug-likeness (QED) is 0.243. The van der Waals surface area contributed by atoms with Crippen molar-refractivity contribution in [3.8, 4) is 11.5 Å². The fourth-order valence-corrected chi connectivity index (χ4v) is 4.36. The summed E-state index contributed by atoms with van der Waals surface area (Å²) in [7, 11) is -4.61. The number of nitro benzene ring substituents is 1. The molecule has 0 aliphatic carbocycles. The van der Waals surface area contributed by atoms with Gasteiger partial charge in [0.15, 0.2) is 0 Å². The second kappa shape index (κ2) is 10.4. The minimum absolute atomic E-state index is 0.0916. The molecule has 36 heavy (non-hydrogen) atoms. The van der Waals surface area contributed by atoms with Gasteiger partial charge in [0.1, 0.15) is 17.1 Å². The van der Waals surface area contributed by atoms with Crippen molar-refractivity contribution < 1.29 is 36.0 Å². The fraction of sp³-hybridized carbons (Fsp3) is 0.0500. The van der Waals surface area contributed by atoms with Crippen LogP contribution >= 0.6 is 34.8 Å². The number of nitrogens with zero attached hydrogens (tertiary/aromatic N) is 1. The molecule has 0 spiro atoms. The molecule has 2 N–H and O–H groups in total. The Kier molecular flexibility index (Phi) is 7.88. The minimum atomic E-state index is -4.66. The predicted octanol–water partition coefficient (Wildman–Crippen LogP) is 6.45. The molecule has 0 fully saturated rings. The third-order valence-corrected chi connectivity index (χ3v) is 5.93. The van der Waals surface area contributed by atoms with E-state index in [4.69, 9.17) is 39.5 Å². The third-order valence-electron chi connectivity index (χ3n) is 4.24. The lowest BCUT2D eigenvalue weighted by Crippen LogP contribution is -2.35. The molecule has 0 aromatic heterocycles. The maximum absolute atomic E-state index is 12.8. The first-order valence-electron chi connectivity index (χ1n) is 9.28. The van der Waals surface area contributed by atoms with Crippen LogP contribution in [0.5, 0.6) is 11.5 Å². The number of halogens is 6. The zero-order chi connectivity index (χ0) is 26.8. The summed E-state index contributed by atoms with van der Waals surface area (Å²) >= 11 is 17.4. The Morgan fingerprint density at radius 3 is 2.17 bits per heavy atom. The SMILES string of the molecule is O=C(NS(=O)(=O)Nc1cc(Cl)cc(Cl)c1)c1cc(Oc2ccc(C(F)(F)F)cc2Cl)ccc1[N+](=O)[O-]. The molecule has 0 heterocycles. The van der Waals surface area contributed by atoms with E-state index in [0.29, 0.717) is 12.1 Å². The molecular weight excluding hydrogens is 574 g/mol. The molecule has 3 rings (SSSR count). The second-order valence-electron chi connectivity index (χ2n) is 6.88. The Morgan fingerprint density at radius 1 is 0.972 bits per heavy atom. The standard InChI is InChI=1S/C20H11Cl3F3N3O6S/c21-11-6-12(22)8-13(7-11)27-36(33,34)28-19(30)15-9-14(2-3-17(15)29(31)32)35-18-4-1-10(5-16(18)23)20(24,25)26/h1-9,27H,(H,28,30). The molecule has 0 unspecified atom stereocenters. The van der Waals surface area contributed by atoms with Gasteiger partial charge in [0, 0.05) is 22.2 Å². The second-order valence-corrected chi connectivity index (χ2v) is 9.57. The number of anilines is 1. The number of hydrogen-bond donors (Lipinski definition) is 2. The van der Waals surface area contributed by atoms with Crippen LogP contribution in [-0.4, -0.2) is 19.2 Å². The van der Waals surface area contributed by atoms with Crippen LogP contribution in [0.25, 0.3) is 0 Å². The van der Waals surface area contributed by atoms with E-state index in [0.717, 1.165) is 24.3 Å². The molecule has 0 saturated carbocycles. The number of carbonyl (C=O) groups excluding carboxylic acids is 1. The number of carbonyl (C=O) groups is 1. The predicted molar refractivity (Wildman–Crippen MR) is 126 cm³/mol. The van der Waals surface area contributed by atoms with Gasteiger partial charge in [0.25, 0.3) is 11.6 Å². The van der Waals surface area contributed by atoms with Crippen LogP contribution < -0.4 is 14.2 Å². The van der Waals surface area contributed by atoms with Gasteiger partial charge in [-0.3, -0.25) is 19.6 Å². The lowest BCUT2D eigenvalue weighted by Gasteiger charge is -2.13. The summed E-state index contributed by atoms with van der Waals surface area (Å²) in [6.45, 7) is 0. The average Bonchev–Trinajstić information content (AvgIpc) is 2.72. The van der Waals surface area contributed by atoms with Crippen molar-refractivity contribution >= 4 is 62.3 Å². The van der Waals surface area contributed by atoms with E-state index in [2.05, 4.69) is 0 Å². The minimum Gasteiger partial charge on any atom is -0.456 e. The molecular formula is C20H11Cl3F3N3O6S. The maximum Gasteiger partial charge on any atom is 0.416 e. The summed E-state index contributed by atoms with van der Waals surface area (Å²) in [5, 5.41) is 11.1. The molecule has 0 saturated heterocycles. The highest BCUT2D eigenvalue weighted by Gasteiger charge is 2.31. The Hall–Kier alpha value is -3.26. The van der Waals surface area contributed by atoms with Crippen molar-refractivity contribution in [3.63, 3.8) is 0 Å². The number of hydrogen-bond acceptors (Lipinski definition) is 6. The van der Waals surface area contributed by atoms with Gasteiger partial charge in [-0.15, -0.1) is 0 Å². The monoisotopic (exact) mass is 583 g/mol. The molecule has 3 aromatic carbocycles. The van der Waals surface area contributed by atoms with Crippen molar-refractivity contribution in [1.29, 1.82) is 0 Å². The van der Waals surface area contributed by atoms with Gasteiger partial charge in [-0.2, -0.15) is 21.6 Å². The summed E-state index contributed by atoms with van der Waals surface area (Å²) in [5.41, 5.74) is -2.65. The Bertz CT molecular complexity index is 1450. The van der Waals surface area contributed by atoms with Crippen molar-refractivity contribution in [3.05, 3.63) is 90.9 Å². The van der Waals surface area contributed by atoms with E-state index < -0.39 is 49.1 Å². The van der Waals surface area contributed by atoms with Crippen LogP contribution in [-0.2, 0) is 16.4 Å². The number of benzene rings is 3. The van der Waals surface area contributed by atoms with E-state index >= 15 is 0 Å². The Balaban J connectivity index is 1.88. The average molecular weight is 585 g/mol. The zero-order valence-corrected chi connectivity index (χ0v) is 20.4. The first kappa shape index (κ1) is 27.3. The summed E-state index contributed by atoms with van der Waals surface area (Å²) < 4.78 is 72.2. The smallest absolute Gasteiger partial charge is 0.416 e. The molecule has 0 atom stereocenters. The van der Waals surface area contributed by atoms with Gasteiger partial charge >= 0.3 is 16.4 Å². The molecule has 0 bridgehead atoms. The number of ether oxygens (including phenoxy) is 1. The van der Waals surface area contributed by atoms with Gasteiger partial charge in [-0.25, -0.2) is 4.72 Å². The number of amides is 1. The lowest BCUT2D eigenvalue weighted by atomic mass is 10.1. The number of alkyl halides is 3. The van der Waals surface area contributed by atoms with Crippen molar-refractivity contribution in [2.75, 3.05) is 4.72 Å². The van der Waals surface area contributed by atoms with Crippen LogP contribution in [0.2, 0.25) is 15.1 Å². The number of nitro groups is 1. The molecule has 0 aliphatic heterocycles. The molecule has 0 radical (unpaired) electrons. The molecule has 9 nitrogen and oxygen atoms in total. The first-order valence-corrected chi connectivity index (χ1v) is 11.9. The number of nitrogens with one attached hydrogen (secondary N) is 2. The summed E-state index contributed by atoms with van der Waals surface area (Å²) in [5.74, 6) is -1.91. The van der Waals surface area contributed by atoms with Gasteiger partial charge in [-0.05, 0) is 42.5 Å². The molecule has 1 amide bonds. The maximum atomic E-state index is 12.8. The molecule has 3 aromatic rings. The highest BCUT2D eigenvalue weighted by atomic mass is 35.5. The van der Waals surface area contributed by atoms with Crippen LogP contribution in [0.1, 0.15) is 15.9 Å². The van der Waals surface area contributed by atoms with Crippen LogP contribution in [0.3, 0.4) is 0 Å². The molecule has 0 aliphatic rings. The van der Waals surface area contributed by atoms with E-state index in [1.165, 1.54) is 18.2 Å². The highest BCUT2D eigenvalue weighted by Crippen LogP contribution is 2.37. The molecule has 190 valence electrons. The summed E-state index contributed by atoms with van der Waals surface area (Å²) in [6, 6.07) is 8.66. The summed E-state index contributed by atoms with van der Waals surface area (Å²) in [6.07, 6.45) is -4.66. The largest absolute Gasteiger partial charge is 0.456 e. The van der Waals surface area contributed by atoms with Gasteiger partial charge in [0.2, 0.25) is 0 Å². The van der Waals surface area contributed by atoms with Gasteiger partial charge in [0.05, 0.1) is 21.2 Å². The Labute approximate surface area is 216 Å². The van der Waals surface area contributed by atoms with Crippen LogP contribution in [0.4, 0.5) is 24.5 Å². The van der Waals surface area contributed by atoms with Crippen molar-refractivity contribution in [1.82, 2.24) is 4.72 Å². The van der Waals surface area contributed by atoms with Crippen LogP contribution in [0, 0.1) is 10.1 Å². The van der Waals surface area contributed by atoms with Crippen molar-refractivity contribution in [2.24, 2.45) is 0 Å². The highest BCUT2D eigenvalue weighted by molar-refractivity contribution is 7.91. The number of rotatable bonds is 7. The van der Waals surface area contributed by atoms with E-state index in [9.17, 15) is 36.5 Å². The fourth-order valence-electron chi connectivity index (χ4n) is 2.78. The normalized spacial score (nSPS) is 11.6. The van der Waals surface area contributed by atoms with E-state index in [1.807, 2.05) is 4.72 Å². The first-order chi connectivity index (χ1) is 16.6.